The second kappa shape index (κ2) is 27.0. The number of nitrogens with zero attached hydrogens (tertiary/aromatic N) is 6. The quantitative estimate of drug-likeness (QED) is 0.0544. The minimum atomic E-state index is -0.802. The van der Waals surface area contributed by atoms with Crippen LogP contribution < -0.4 is 27.0 Å². The minimum Gasteiger partial charge on any atom is -0.380 e. The molecule has 3 aromatic rings. The van der Waals surface area contributed by atoms with Gasteiger partial charge in [-0.25, -0.2) is 15.0 Å². The van der Waals surface area contributed by atoms with Gasteiger partial charge in [0.05, 0.1) is 58.6 Å². The van der Waals surface area contributed by atoms with Gasteiger partial charge in [-0.1, -0.05) is 0 Å². The lowest BCUT2D eigenvalue weighted by Crippen LogP contribution is -2.40. The van der Waals surface area contributed by atoms with Gasteiger partial charge in [0.2, 0.25) is 23.6 Å². The van der Waals surface area contributed by atoms with Crippen molar-refractivity contribution in [2.45, 2.75) is 71.0 Å². The lowest BCUT2D eigenvalue weighted by molar-refractivity contribution is -0.125. The summed E-state index contributed by atoms with van der Waals surface area (Å²) in [5.74, 6) is -0.573. The Bertz CT molecular complexity index is 1270. The third kappa shape index (κ3) is 20.0. The Morgan fingerprint density at radius 1 is 0.537 bits per heavy atom. The molecule has 0 atom stereocenters. The molecule has 6 N–H and O–H groups in total. The molecule has 0 saturated heterocycles. The Morgan fingerprint density at radius 3 is 1.22 bits per heavy atom. The Balaban J connectivity index is 1.49. The van der Waals surface area contributed by atoms with E-state index >= 15 is 0 Å². The van der Waals surface area contributed by atoms with Crippen molar-refractivity contribution in [1.82, 2.24) is 49.9 Å². The number of amides is 4. The van der Waals surface area contributed by atoms with Gasteiger partial charge in [-0.2, -0.15) is 0 Å². The minimum absolute atomic E-state index is 0.131. The van der Waals surface area contributed by atoms with Gasteiger partial charge < -0.3 is 54.9 Å². The van der Waals surface area contributed by atoms with E-state index in [1.54, 1.807) is 37.6 Å². The second-order valence-corrected chi connectivity index (χ2v) is 13.1. The average Bonchev–Trinajstić information content (AvgIpc) is 4.00. The maximum atomic E-state index is 12.6. The predicted octanol–water partition coefficient (Wildman–Crippen LogP) is 0.257. The van der Waals surface area contributed by atoms with E-state index in [1.807, 2.05) is 32.3 Å². The van der Waals surface area contributed by atoms with Crippen LogP contribution in [0.25, 0.3) is 0 Å². The van der Waals surface area contributed by atoms with Crippen LogP contribution in [0.15, 0.2) is 56.2 Å². The van der Waals surface area contributed by atoms with Crippen molar-refractivity contribution in [3.05, 3.63) is 56.2 Å². The summed E-state index contributed by atoms with van der Waals surface area (Å²) in [5, 5.41) is 11.5. The first-order valence-electron chi connectivity index (χ1n) is 18.7. The smallest absolute Gasteiger partial charge is 0.222 e. The average molecular weight is 758 g/mol. The molecule has 0 aliphatic carbocycles. The van der Waals surface area contributed by atoms with E-state index < -0.39 is 5.41 Å². The predicted molar refractivity (Wildman–Crippen MR) is 200 cm³/mol. The molecule has 0 radical (unpaired) electrons. The van der Waals surface area contributed by atoms with Gasteiger partial charge in [0.1, 0.15) is 0 Å². The van der Waals surface area contributed by atoms with E-state index in [0.29, 0.717) is 39.1 Å². The van der Waals surface area contributed by atoms with E-state index in [-0.39, 0.29) is 89.0 Å². The molecule has 0 aliphatic heterocycles. The van der Waals surface area contributed by atoms with E-state index in [4.69, 9.17) is 19.9 Å². The molecular weight excluding hydrogens is 698 g/mol. The zero-order valence-electron chi connectivity index (χ0n) is 31.4. The molecule has 300 valence electrons. The van der Waals surface area contributed by atoms with Gasteiger partial charge in [-0.15, -0.1) is 0 Å². The van der Waals surface area contributed by atoms with Crippen LogP contribution in [0.5, 0.6) is 0 Å². The van der Waals surface area contributed by atoms with Crippen LogP contribution in [0, 0.1) is 5.41 Å². The van der Waals surface area contributed by atoms with Gasteiger partial charge in [-0.3, -0.25) is 19.2 Å². The number of nitrogens with two attached hydrogens (primary N) is 1. The molecule has 0 fully saturated rings. The summed E-state index contributed by atoms with van der Waals surface area (Å²) in [6.07, 6.45) is 19.2. The molecular formula is C36H59N11O7. The first kappa shape index (κ1) is 43.8. The number of carbonyl (C=O) groups excluding carboxylic acids is 4. The number of nitrogens with one attached hydrogen (secondary N) is 4. The van der Waals surface area contributed by atoms with Crippen LogP contribution in [0.3, 0.4) is 0 Å². The highest BCUT2D eigenvalue weighted by Crippen LogP contribution is 2.27. The molecule has 0 saturated carbocycles. The van der Waals surface area contributed by atoms with Crippen molar-refractivity contribution in [2.24, 2.45) is 11.1 Å². The van der Waals surface area contributed by atoms with Crippen LogP contribution in [0.2, 0.25) is 0 Å². The normalized spacial score (nSPS) is 11.4. The number of imidazole rings is 3. The van der Waals surface area contributed by atoms with E-state index in [0.717, 1.165) is 38.9 Å². The Hall–Kier alpha value is -4.65. The summed E-state index contributed by atoms with van der Waals surface area (Å²) in [4.78, 5) is 62.2. The zero-order valence-corrected chi connectivity index (χ0v) is 31.4. The Morgan fingerprint density at radius 2 is 0.889 bits per heavy atom. The topological polar surface area (TPSA) is 224 Å². The van der Waals surface area contributed by atoms with E-state index in [2.05, 4.69) is 36.2 Å². The van der Waals surface area contributed by atoms with Gasteiger partial charge >= 0.3 is 0 Å². The SMILES string of the molecule is NCCNC(=O)CCC(COCCC(=O)NCCCn1ccnc1)(COCCC(=O)NCCCn1ccnc1)COCCC(=O)NCCCn1ccnc1. The Labute approximate surface area is 317 Å². The molecule has 0 aromatic carbocycles. The van der Waals surface area contributed by atoms with Crippen LogP contribution in [0.1, 0.15) is 51.4 Å². The molecule has 0 unspecified atom stereocenters. The van der Waals surface area contributed by atoms with Crippen molar-refractivity contribution in [1.29, 1.82) is 0 Å². The van der Waals surface area contributed by atoms with Crippen molar-refractivity contribution in [3.8, 4) is 0 Å². The number of hydrogen-bond donors (Lipinski definition) is 5. The van der Waals surface area contributed by atoms with Crippen LogP contribution in [0.4, 0.5) is 0 Å². The lowest BCUT2D eigenvalue weighted by atomic mass is 9.85. The van der Waals surface area contributed by atoms with Crippen LogP contribution in [-0.4, -0.2) is 125 Å². The summed E-state index contributed by atoms with van der Waals surface area (Å²) < 4.78 is 24.0. The third-order valence-electron chi connectivity index (χ3n) is 8.42. The summed E-state index contributed by atoms with van der Waals surface area (Å²) in [6.45, 7) is 5.33. The van der Waals surface area contributed by atoms with Gasteiger partial charge in [0.25, 0.3) is 0 Å². The number of aromatic nitrogens is 6. The highest BCUT2D eigenvalue weighted by Gasteiger charge is 2.33. The summed E-state index contributed by atoms with van der Waals surface area (Å²) in [5.41, 5.74) is 4.77. The highest BCUT2D eigenvalue weighted by molar-refractivity contribution is 5.77. The molecule has 0 spiro atoms. The molecule has 4 amide bonds. The highest BCUT2D eigenvalue weighted by atomic mass is 16.5. The fraction of sp³-hybridized carbons (Fsp3) is 0.639. The maximum Gasteiger partial charge on any atom is 0.222 e. The number of rotatable bonds is 32. The molecule has 3 heterocycles. The monoisotopic (exact) mass is 757 g/mol. The number of hydrogen-bond acceptors (Lipinski definition) is 11. The number of aryl methyl sites for hydroxylation is 3. The van der Waals surface area contributed by atoms with Crippen molar-refractivity contribution >= 4 is 23.6 Å². The maximum absolute atomic E-state index is 12.6. The fourth-order valence-electron chi connectivity index (χ4n) is 5.37. The standard InChI is InChI=1S/C36H59N11O7/c37-9-13-44-32(48)4-8-36(26-52-23-5-33(49)41-10-1-17-45-20-14-38-29-45,27-53-24-6-34(50)42-11-2-18-46-21-15-39-30-46)28-54-25-7-35(51)43-12-3-19-47-22-16-40-31-47/h14-16,20-22,29-31H,1-13,17-19,23-28,37H2,(H,41,49)(H,42,50)(H,43,51)(H,44,48). The molecule has 54 heavy (non-hydrogen) atoms. The first-order valence-corrected chi connectivity index (χ1v) is 18.7. The largest absolute Gasteiger partial charge is 0.380 e. The Kier molecular flexibility index (Phi) is 21.9. The van der Waals surface area contributed by atoms with Crippen molar-refractivity contribution in [2.75, 3.05) is 72.4 Å². The van der Waals surface area contributed by atoms with Gasteiger partial charge in [-0.05, 0) is 25.7 Å². The second-order valence-electron chi connectivity index (χ2n) is 13.1. The van der Waals surface area contributed by atoms with Crippen LogP contribution >= 0.6 is 0 Å². The summed E-state index contributed by atoms with van der Waals surface area (Å²) in [7, 11) is 0. The fourth-order valence-corrected chi connectivity index (χ4v) is 5.37. The van der Waals surface area contributed by atoms with Gasteiger partial charge in [0.15, 0.2) is 0 Å². The van der Waals surface area contributed by atoms with Crippen molar-refractivity contribution in [3.63, 3.8) is 0 Å². The summed E-state index contributed by atoms with van der Waals surface area (Å²) >= 11 is 0. The third-order valence-corrected chi connectivity index (χ3v) is 8.42. The number of carbonyl (C=O) groups is 4. The van der Waals surface area contributed by atoms with E-state index in [9.17, 15) is 19.2 Å². The summed E-state index contributed by atoms with van der Waals surface area (Å²) in [6, 6.07) is 0. The molecule has 3 aromatic heterocycles. The number of ether oxygens (including phenoxy) is 3. The molecule has 0 aliphatic rings. The lowest BCUT2D eigenvalue weighted by Gasteiger charge is -2.33. The van der Waals surface area contributed by atoms with E-state index in [1.165, 1.54) is 0 Å². The van der Waals surface area contributed by atoms with Crippen LogP contribution in [-0.2, 0) is 53.0 Å². The van der Waals surface area contributed by atoms with Gasteiger partial charge in [0, 0.05) is 121 Å². The molecule has 18 nitrogen and oxygen atoms in total. The molecule has 3 rings (SSSR count). The van der Waals surface area contributed by atoms with Crippen molar-refractivity contribution < 1.29 is 33.4 Å². The molecule has 18 heteroatoms. The zero-order chi connectivity index (χ0) is 38.5. The molecule has 0 bridgehead atoms. The first-order chi connectivity index (χ1) is 26.4.